The van der Waals surface area contributed by atoms with Gasteiger partial charge in [0.1, 0.15) is 5.84 Å². The lowest BCUT2D eigenvalue weighted by molar-refractivity contribution is -0.137. The predicted molar refractivity (Wildman–Crippen MR) is 78.0 cm³/mol. The molecule has 0 fully saturated rings. The molecular weight excluding hydrogens is 317 g/mol. The molecule has 2 aromatic carbocycles. The van der Waals surface area contributed by atoms with Crippen molar-refractivity contribution < 1.29 is 18.3 Å². The second-order valence-electron chi connectivity index (χ2n) is 4.76. The molecule has 2 aromatic rings. The van der Waals surface area contributed by atoms with Gasteiger partial charge in [0, 0.05) is 16.8 Å². The Hall–Kier alpha value is -2.05. The van der Waals surface area contributed by atoms with Crippen LogP contribution in [0, 0.1) is 0 Å². The zero-order valence-corrected chi connectivity index (χ0v) is 11.8. The molecule has 1 heterocycles. The maximum atomic E-state index is 12.8. The van der Waals surface area contributed by atoms with Crippen molar-refractivity contribution in [3.63, 3.8) is 0 Å². The molecule has 7 heteroatoms. The predicted octanol–water partition coefficient (Wildman–Crippen LogP) is 4.22. The molecule has 1 atom stereocenters. The van der Waals surface area contributed by atoms with Gasteiger partial charge in [0.05, 0.1) is 10.6 Å². The fourth-order valence-corrected chi connectivity index (χ4v) is 2.41. The minimum atomic E-state index is -4.48. The van der Waals surface area contributed by atoms with E-state index in [1.54, 1.807) is 24.3 Å². The molecule has 0 aromatic heterocycles. The van der Waals surface area contributed by atoms with Gasteiger partial charge in [-0.25, -0.2) is 4.99 Å². The van der Waals surface area contributed by atoms with Crippen molar-refractivity contribution in [1.29, 1.82) is 0 Å². The Morgan fingerprint density at radius 1 is 1.14 bits per heavy atom. The zero-order chi connectivity index (χ0) is 15.9. The van der Waals surface area contributed by atoms with Gasteiger partial charge in [-0.2, -0.15) is 13.2 Å². The van der Waals surface area contributed by atoms with Crippen molar-refractivity contribution in [2.24, 2.45) is 4.99 Å². The third-order valence-electron chi connectivity index (χ3n) is 3.29. The number of aliphatic hydroxyl groups is 1. The maximum absolute atomic E-state index is 12.8. The first kappa shape index (κ1) is 14.9. The van der Waals surface area contributed by atoms with E-state index in [1.165, 1.54) is 0 Å². The van der Waals surface area contributed by atoms with Crippen LogP contribution in [-0.4, -0.2) is 10.9 Å². The van der Waals surface area contributed by atoms with Crippen LogP contribution in [0.2, 0.25) is 5.02 Å². The Morgan fingerprint density at radius 3 is 2.59 bits per heavy atom. The first-order valence-corrected chi connectivity index (χ1v) is 6.73. The lowest BCUT2D eigenvalue weighted by atomic mass is 10.1. The van der Waals surface area contributed by atoms with Crippen molar-refractivity contribution in [1.82, 2.24) is 0 Å². The number of amidine groups is 1. The van der Waals surface area contributed by atoms with Gasteiger partial charge >= 0.3 is 6.18 Å². The Labute approximate surface area is 129 Å². The number of para-hydroxylation sites is 1. The molecule has 0 spiro atoms. The average molecular weight is 327 g/mol. The van der Waals surface area contributed by atoms with Crippen LogP contribution in [0.3, 0.4) is 0 Å². The zero-order valence-electron chi connectivity index (χ0n) is 11.0. The van der Waals surface area contributed by atoms with Crippen LogP contribution < -0.4 is 5.32 Å². The van der Waals surface area contributed by atoms with Gasteiger partial charge in [0.25, 0.3) is 0 Å². The molecule has 0 saturated heterocycles. The lowest BCUT2D eigenvalue weighted by Gasteiger charge is -2.23. The van der Waals surface area contributed by atoms with Crippen LogP contribution >= 0.6 is 11.6 Å². The second kappa shape index (κ2) is 5.30. The molecule has 1 unspecified atom stereocenters. The molecule has 0 amide bonds. The highest BCUT2D eigenvalue weighted by atomic mass is 35.5. The number of aliphatic imine (C=N–C) groups is 1. The Morgan fingerprint density at radius 2 is 1.86 bits per heavy atom. The van der Waals surface area contributed by atoms with Crippen molar-refractivity contribution in [2.75, 3.05) is 5.32 Å². The van der Waals surface area contributed by atoms with E-state index < -0.39 is 18.0 Å². The summed E-state index contributed by atoms with van der Waals surface area (Å²) in [4.78, 5) is 3.99. The highest BCUT2D eigenvalue weighted by Crippen LogP contribution is 2.34. The van der Waals surface area contributed by atoms with Gasteiger partial charge in [-0.15, -0.1) is 0 Å². The monoisotopic (exact) mass is 326 g/mol. The number of rotatable bonds is 1. The third kappa shape index (κ3) is 2.67. The molecule has 2 N–H and O–H groups in total. The minimum Gasteiger partial charge on any atom is -0.368 e. The number of halogens is 4. The molecule has 1 aliphatic rings. The molecule has 22 heavy (non-hydrogen) atoms. The van der Waals surface area contributed by atoms with Crippen LogP contribution in [0.15, 0.2) is 47.5 Å². The first-order chi connectivity index (χ1) is 10.4. The van der Waals surface area contributed by atoms with Gasteiger partial charge in [-0.05, 0) is 24.3 Å². The second-order valence-corrected chi connectivity index (χ2v) is 5.16. The summed E-state index contributed by atoms with van der Waals surface area (Å²) in [6.45, 7) is 0. The van der Waals surface area contributed by atoms with Crippen LogP contribution in [0.4, 0.5) is 18.9 Å². The standard InChI is InChI=1S/C15H10ClF3N2O/c16-11-6-5-8(15(17,18)19)7-10(11)13-20-12-4-2-1-3-9(12)14(22)21-13/h1-7,14,22H,(H,20,21). The van der Waals surface area contributed by atoms with E-state index in [9.17, 15) is 18.3 Å². The van der Waals surface area contributed by atoms with Crippen LogP contribution in [-0.2, 0) is 6.18 Å². The maximum Gasteiger partial charge on any atom is 0.416 e. The fourth-order valence-electron chi connectivity index (χ4n) is 2.21. The molecule has 0 aliphatic carbocycles. The number of aliphatic hydroxyl groups excluding tert-OH is 1. The molecule has 3 rings (SSSR count). The summed E-state index contributed by atoms with van der Waals surface area (Å²) in [7, 11) is 0. The van der Waals surface area contributed by atoms with E-state index in [0.717, 1.165) is 18.2 Å². The minimum absolute atomic E-state index is 0.0880. The number of fused-ring (bicyclic) bond motifs is 1. The fraction of sp³-hybridized carbons (Fsp3) is 0.133. The highest BCUT2D eigenvalue weighted by Gasteiger charge is 2.32. The number of hydrogen-bond acceptors (Lipinski definition) is 3. The van der Waals surface area contributed by atoms with E-state index in [-0.39, 0.29) is 16.4 Å². The molecule has 0 radical (unpaired) electrons. The smallest absolute Gasteiger partial charge is 0.368 e. The Kier molecular flexibility index (Phi) is 3.58. The Bertz CT molecular complexity index is 759. The summed E-state index contributed by atoms with van der Waals surface area (Å²) in [6, 6.07) is 9.84. The summed E-state index contributed by atoms with van der Waals surface area (Å²) in [5.74, 6) is 0.0994. The van der Waals surface area contributed by atoms with Crippen molar-refractivity contribution >= 4 is 23.1 Å². The van der Waals surface area contributed by atoms with Gasteiger partial charge in [-0.3, -0.25) is 0 Å². The van der Waals surface area contributed by atoms with Crippen LogP contribution in [0.5, 0.6) is 0 Å². The number of benzene rings is 2. The third-order valence-corrected chi connectivity index (χ3v) is 3.62. The normalized spacial score (nSPS) is 17.5. The van der Waals surface area contributed by atoms with Crippen molar-refractivity contribution in [3.05, 3.63) is 64.2 Å². The van der Waals surface area contributed by atoms with Gasteiger partial charge in [-0.1, -0.05) is 29.8 Å². The lowest BCUT2D eigenvalue weighted by Crippen LogP contribution is -2.22. The first-order valence-electron chi connectivity index (χ1n) is 6.35. The molecule has 0 saturated carbocycles. The molecule has 0 bridgehead atoms. The van der Waals surface area contributed by atoms with Crippen LogP contribution in [0.25, 0.3) is 0 Å². The Balaban J connectivity index is 2.06. The van der Waals surface area contributed by atoms with Crippen LogP contribution in [0.1, 0.15) is 22.9 Å². The van der Waals surface area contributed by atoms with Crippen molar-refractivity contribution in [3.8, 4) is 0 Å². The van der Waals surface area contributed by atoms with Gasteiger partial charge in [0.2, 0.25) is 0 Å². The highest BCUT2D eigenvalue weighted by molar-refractivity contribution is 6.35. The number of hydrogen-bond donors (Lipinski definition) is 2. The van der Waals surface area contributed by atoms with E-state index in [0.29, 0.717) is 11.3 Å². The summed E-state index contributed by atoms with van der Waals surface area (Å²) >= 11 is 5.98. The van der Waals surface area contributed by atoms with E-state index in [1.807, 2.05) is 0 Å². The van der Waals surface area contributed by atoms with Gasteiger partial charge in [0.15, 0.2) is 6.23 Å². The van der Waals surface area contributed by atoms with E-state index >= 15 is 0 Å². The quantitative estimate of drug-likeness (QED) is 0.824. The summed E-state index contributed by atoms with van der Waals surface area (Å²) < 4.78 is 38.5. The van der Waals surface area contributed by atoms with Gasteiger partial charge < -0.3 is 10.4 Å². The van der Waals surface area contributed by atoms with Crippen molar-refractivity contribution in [2.45, 2.75) is 12.4 Å². The molecule has 1 aliphatic heterocycles. The number of alkyl halides is 3. The topological polar surface area (TPSA) is 44.6 Å². The largest absolute Gasteiger partial charge is 0.416 e. The molecular formula is C15H10ClF3N2O. The summed E-state index contributed by atoms with van der Waals surface area (Å²) in [6.07, 6.45) is -5.64. The van der Waals surface area contributed by atoms with E-state index in [2.05, 4.69) is 10.3 Å². The number of anilines is 1. The molecule has 3 nitrogen and oxygen atoms in total. The van der Waals surface area contributed by atoms with E-state index in [4.69, 9.17) is 11.6 Å². The molecule has 114 valence electrons. The average Bonchev–Trinajstić information content (AvgIpc) is 2.46. The summed E-state index contributed by atoms with van der Waals surface area (Å²) in [5, 5.41) is 13.0. The SMILES string of the molecule is OC1N=C(c2cc(C(F)(F)F)ccc2Cl)Nc2ccccc21. The summed E-state index contributed by atoms with van der Waals surface area (Å²) in [5.41, 5.74) is 0.387. The number of nitrogens with zero attached hydrogens (tertiary/aromatic N) is 1. The number of nitrogens with one attached hydrogen (secondary N) is 1.